The second-order valence-electron chi connectivity index (χ2n) is 6.74. The molecule has 0 unspecified atom stereocenters. The second-order valence-corrected chi connectivity index (χ2v) is 6.74. The summed E-state index contributed by atoms with van der Waals surface area (Å²) in [7, 11) is 0. The van der Waals surface area contributed by atoms with Crippen LogP contribution in [0.2, 0.25) is 0 Å². The molecule has 1 aromatic rings. The molecule has 0 saturated heterocycles. The van der Waals surface area contributed by atoms with E-state index in [-0.39, 0.29) is 11.9 Å². The number of hydrogen-bond acceptors (Lipinski definition) is 2. The van der Waals surface area contributed by atoms with Crippen molar-refractivity contribution in [2.75, 3.05) is 0 Å². The Morgan fingerprint density at radius 2 is 1.71 bits per heavy atom. The summed E-state index contributed by atoms with van der Waals surface area (Å²) in [6.45, 7) is 2.29. The van der Waals surface area contributed by atoms with Gasteiger partial charge in [-0.1, -0.05) is 49.6 Å². The molecule has 0 aromatic heterocycles. The van der Waals surface area contributed by atoms with E-state index >= 15 is 0 Å². The van der Waals surface area contributed by atoms with Crippen molar-refractivity contribution in [3.8, 4) is 0 Å². The summed E-state index contributed by atoms with van der Waals surface area (Å²) in [6.07, 6.45) is 8.75. The van der Waals surface area contributed by atoms with Gasteiger partial charge in [-0.3, -0.25) is 10.1 Å². The van der Waals surface area contributed by atoms with Crippen molar-refractivity contribution in [2.45, 2.75) is 70.5 Å². The first kappa shape index (κ1) is 18.5. The minimum atomic E-state index is -0.429. The average molecular weight is 332 g/mol. The van der Waals surface area contributed by atoms with Crippen LogP contribution in [-0.2, 0) is 11.3 Å². The van der Waals surface area contributed by atoms with Crippen molar-refractivity contribution in [1.82, 2.24) is 10.6 Å². The Bertz CT molecular complexity index is 511. The van der Waals surface area contributed by atoms with Gasteiger partial charge in [-0.2, -0.15) is 0 Å². The highest BCUT2D eigenvalue weighted by Crippen LogP contribution is 2.15. The lowest BCUT2D eigenvalue weighted by atomic mass is 9.96. The molecule has 5 heteroatoms. The first-order valence-electron chi connectivity index (χ1n) is 9.13. The summed E-state index contributed by atoms with van der Waals surface area (Å²) in [4.78, 5) is 24.1. The lowest BCUT2D eigenvalue weighted by Crippen LogP contribution is -2.96. The molecule has 0 heterocycles. The number of rotatable bonds is 5. The first-order chi connectivity index (χ1) is 11.6. The van der Waals surface area contributed by atoms with Crippen LogP contribution in [0.5, 0.6) is 0 Å². The number of amides is 3. The van der Waals surface area contributed by atoms with E-state index in [0.717, 1.165) is 18.4 Å². The standard InChI is InChI=1S/C19H29N3O2/c1-15(21-17-12-8-3-2-4-9-13-17)18(23)22-19(24)20-14-16-10-6-5-7-11-16/h5-7,10-11,15,17,21H,2-4,8-9,12-14H2,1H3,(H2,20,22,23,24)/p+1/t15-/m0/s1. The van der Waals surface area contributed by atoms with E-state index < -0.39 is 6.03 Å². The molecular formula is C19H30N3O2+. The average Bonchev–Trinajstić information content (AvgIpc) is 2.56. The predicted octanol–water partition coefficient (Wildman–Crippen LogP) is 2.08. The van der Waals surface area contributed by atoms with Gasteiger partial charge in [0.1, 0.15) is 0 Å². The number of benzene rings is 1. The number of carbonyl (C=O) groups is 2. The molecule has 0 spiro atoms. The van der Waals surface area contributed by atoms with Gasteiger partial charge in [0.15, 0.2) is 6.04 Å². The van der Waals surface area contributed by atoms with Crippen LogP contribution in [-0.4, -0.2) is 24.0 Å². The highest BCUT2D eigenvalue weighted by atomic mass is 16.2. The van der Waals surface area contributed by atoms with E-state index in [1.807, 2.05) is 37.3 Å². The van der Waals surface area contributed by atoms with Crippen molar-refractivity contribution in [1.29, 1.82) is 0 Å². The van der Waals surface area contributed by atoms with Gasteiger partial charge in [0, 0.05) is 6.54 Å². The van der Waals surface area contributed by atoms with Crippen molar-refractivity contribution >= 4 is 11.9 Å². The van der Waals surface area contributed by atoms with Crippen LogP contribution in [0.25, 0.3) is 0 Å². The molecule has 0 bridgehead atoms. The molecule has 1 aromatic carbocycles. The van der Waals surface area contributed by atoms with Gasteiger partial charge in [-0.15, -0.1) is 0 Å². The third kappa shape index (κ3) is 6.71. The van der Waals surface area contributed by atoms with Gasteiger partial charge in [0.05, 0.1) is 6.04 Å². The normalized spacial score (nSPS) is 17.4. The summed E-state index contributed by atoms with van der Waals surface area (Å²) in [5.41, 5.74) is 1.01. The largest absolute Gasteiger partial charge is 0.334 e. The first-order valence-corrected chi connectivity index (χ1v) is 9.13. The molecule has 24 heavy (non-hydrogen) atoms. The maximum Gasteiger partial charge on any atom is 0.321 e. The fourth-order valence-corrected chi connectivity index (χ4v) is 3.22. The Morgan fingerprint density at radius 1 is 1.08 bits per heavy atom. The monoisotopic (exact) mass is 332 g/mol. The van der Waals surface area contributed by atoms with Crippen LogP contribution in [0.4, 0.5) is 4.79 Å². The highest BCUT2D eigenvalue weighted by molar-refractivity contribution is 5.96. The molecule has 4 N–H and O–H groups in total. The topological polar surface area (TPSA) is 74.8 Å². The van der Waals surface area contributed by atoms with E-state index in [1.54, 1.807) is 0 Å². The van der Waals surface area contributed by atoms with Crippen molar-refractivity contribution in [3.63, 3.8) is 0 Å². The number of nitrogens with two attached hydrogens (primary N) is 1. The van der Waals surface area contributed by atoms with Gasteiger partial charge in [0.2, 0.25) is 0 Å². The third-order valence-electron chi connectivity index (χ3n) is 4.66. The van der Waals surface area contributed by atoms with Crippen LogP contribution < -0.4 is 16.0 Å². The smallest absolute Gasteiger partial charge is 0.321 e. The van der Waals surface area contributed by atoms with Crippen LogP contribution in [0.3, 0.4) is 0 Å². The van der Waals surface area contributed by atoms with Gasteiger partial charge in [0.25, 0.3) is 5.91 Å². The van der Waals surface area contributed by atoms with Crippen LogP contribution in [0.1, 0.15) is 57.4 Å². The summed E-state index contributed by atoms with van der Waals surface area (Å²) in [5.74, 6) is -0.220. The number of carbonyl (C=O) groups excluding carboxylic acids is 2. The number of imide groups is 1. The molecule has 1 aliphatic rings. The summed E-state index contributed by atoms with van der Waals surface area (Å²) < 4.78 is 0. The molecule has 1 fully saturated rings. The SMILES string of the molecule is C[C@H]([NH2+]C1CCCCCCC1)C(=O)NC(=O)NCc1ccccc1. The lowest BCUT2D eigenvalue weighted by Gasteiger charge is -2.21. The van der Waals surface area contributed by atoms with Crippen molar-refractivity contribution in [3.05, 3.63) is 35.9 Å². The molecule has 2 rings (SSSR count). The number of nitrogens with one attached hydrogen (secondary N) is 2. The minimum Gasteiger partial charge on any atom is -0.334 e. The Balaban J connectivity index is 1.70. The van der Waals surface area contributed by atoms with Gasteiger partial charge >= 0.3 is 6.03 Å². The zero-order chi connectivity index (χ0) is 17.2. The Labute approximate surface area is 144 Å². The summed E-state index contributed by atoms with van der Waals surface area (Å²) >= 11 is 0. The fourth-order valence-electron chi connectivity index (χ4n) is 3.22. The van der Waals surface area contributed by atoms with E-state index in [9.17, 15) is 9.59 Å². The van der Waals surface area contributed by atoms with Crippen LogP contribution >= 0.6 is 0 Å². The quantitative estimate of drug-likeness (QED) is 0.772. The fraction of sp³-hybridized carbons (Fsp3) is 0.579. The molecular weight excluding hydrogens is 302 g/mol. The Morgan fingerprint density at radius 3 is 2.38 bits per heavy atom. The third-order valence-corrected chi connectivity index (χ3v) is 4.66. The van der Waals surface area contributed by atoms with Crippen LogP contribution in [0, 0.1) is 0 Å². The van der Waals surface area contributed by atoms with E-state index in [0.29, 0.717) is 12.6 Å². The molecule has 0 radical (unpaired) electrons. The minimum absolute atomic E-state index is 0.220. The highest BCUT2D eigenvalue weighted by Gasteiger charge is 2.23. The molecule has 132 valence electrons. The van der Waals surface area contributed by atoms with E-state index in [1.165, 1.54) is 32.1 Å². The zero-order valence-electron chi connectivity index (χ0n) is 14.6. The van der Waals surface area contributed by atoms with E-state index in [2.05, 4.69) is 16.0 Å². The molecule has 5 nitrogen and oxygen atoms in total. The second kappa shape index (κ2) is 10.1. The Kier molecular flexibility index (Phi) is 7.75. The van der Waals surface area contributed by atoms with Crippen molar-refractivity contribution < 1.29 is 14.9 Å². The Hall–Kier alpha value is -1.88. The molecule has 0 aliphatic heterocycles. The van der Waals surface area contributed by atoms with Gasteiger partial charge in [-0.25, -0.2) is 4.79 Å². The number of quaternary nitrogens is 1. The number of urea groups is 1. The molecule has 1 saturated carbocycles. The molecule has 3 amide bonds. The van der Waals surface area contributed by atoms with Gasteiger partial charge < -0.3 is 10.6 Å². The zero-order valence-corrected chi connectivity index (χ0v) is 14.6. The number of hydrogen-bond donors (Lipinski definition) is 3. The van der Waals surface area contributed by atoms with E-state index in [4.69, 9.17) is 0 Å². The summed E-state index contributed by atoms with van der Waals surface area (Å²) in [5, 5.41) is 7.30. The summed E-state index contributed by atoms with van der Waals surface area (Å²) in [6, 6.07) is 9.48. The van der Waals surface area contributed by atoms with Crippen molar-refractivity contribution in [2.24, 2.45) is 0 Å². The van der Waals surface area contributed by atoms with Crippen LogP contribution in [0.15, 0.2) is 30.3 Å². The molecule has 1 aliphatic carbocycles. The maximum atomic E-state index is 12.2. The maximum absolute atomic E-state index is 12.2. The van der Waals surface area contributed by atoms with Gasteiger partial charge in [-0.05, 0) is 38.2 Å². The predicted molar refractivity (Wildman–Crippen MR) is 94.3 cm³/mol. The lowest BCUT2D eigenvalue weighted by molar-refractivity contribution is -0.708. The molecule has 1 atom stereocenters.